The van der Waals surface area contributed by atoms with Crippen molar-refractivity contribution in [3.63, 3.8) is 0 Å². The van der Waals surface area contributed by atoms with Gasteiger partial charge in [-0.15, -0.1) is 0 Å². The minimum absolute atomic E-state index is 0.0504. The van der Waals surface area contributed by atoms with Crippen LogP contribution in [0.5, 0.6) is 0 Å². The molecule has 0 saturated carbocycles. The third kappa shape index (κ3) is 5.29. The number of nitrogens with zero attached hydrogens (tertiary/aromatic N) is 3. The molecule has 1 fully saturated rings. The molecule has 3 aromatic rings. The van der Waals surface area contributed by atoms with Crippen LogP contribution in [0.4, 0.5) is 4.39 Å². The van der Waals surface area contributed by atoms with E-state index in [0.717, 1.165) is 24.9 Å². The first kappa shape index (κ1) is 21.5. The summed E-state index contributed by atoms with van der Waals surface area (Å²) >= 11 is 6.23. The van der Waals surface area contributed by atoms with Gasteiger partial charge in [0.2, 0.25) is 17.6 Å². The SMILES string of the molecule is C[C@H](NC(=O)CN1CCC[C@@H](c2nc(-c3ccc(F)cc3)no2)C1)c1ccccc1Cl. The lowest BCUT2D eigenvalue weighted by Crippen LogP contribution is -2.42. The van der Waals surface area contributed by atoms with Crippen molar-refractivity contribution in [2.24, 2.45) is 0 Å². The van der Waals surface area contributed by atoms with Crippen molar-refractivity contribution >= 4 is 17.5 Å². The monoisotopic (exact) mass is 442 g/mol. The molecule has 2 atom stereocenters. The second-order valence-corrected chi connectivity index (χ2v) is 8.26. The fourth-order valence-corrected chi connectivity index (χ4v) is 4.21. The van der Waals surface area contributed by atoms with Crippen molar-refractivity contribution in [2.45, 2.75) is 31.7 Å². The Morgan fingerprint density at radius 3 is 2.84 bits per heavy atom. The van der Waals surface area contributed by atoms with E-state index in [-0.39, 0.29) is 23.7 Å². The molecule has 0 spiro atoms. The molecule has 162 valence electrons. The number of carbonyl (C=O) groups is 1. The molecule has 2 aromatic carbocycles. The van der Waals surface area contributed by atoms with Gasteiger partial charge in [0.15, 0.2) is 0 Å². The highest BCUT2D eigenvalue weighted by Crippen LogP contribution is 2.28. The number of benzene rings is 2. The maximum atomic E-state index is 13.1. The van der Waals surface area contributed by atoms with Crippen LogP contribution < -0.4 is 5.32 Å². The Morgan fingerprint density at radius 2 is 2.06 bits per heavy atom. The quantitative estimate of drug-likeness (QED) is 0.604. The largest absolute Gasteiger partial charge is 0.348 e. The average Bonchev–Trinajstić information content (AvgIpc) is 3.25. The Hall–Kier alpha value is -2.77. The van der Waals surface area contributed by atoms with Gasteiger partial charge in [0.1, 0.15) is 5.82 Å². The van der Waals surface area contributed by atoms with E-state index in [2.05, 4.69) is 20.4 Å². The van der Waals surface area contributed by atoms with E-state index < -0.39 is 0 Å². The third-order valence-corrected chi connectivity index (χ3v) is 5.86. The number of amides is 1. The summed E-state index contributed by atoms with van der Waals surface area (Å²) in [6.07, 6.45) is 1.85. The molecule has 1 amide bonds. The molecule has 6 nitrogen and oxygen atoms in total. The van der Waals surface area contributed by atoms with Crippen LogP contribution in [-0.2, 0) is 4.79 Å². The van der Waals surface area contributed by atoms with Crippen molar-refractivity contribution in [3.8, 4) is 11.4 Å². The van der Waals surface area contributed by atoms with Gasteiger partial charge in [-0.1, -0.05) is 35.0 Å². The second kappa shape index (κ2) is 9.58. The predicted octanol–water partition coefficient (Wildman–Crippen LogP) is 4.59. The minimum Gasteiger partial charge on any atom is -0.348 e. The van der Waals surface area contributed by atoms with Crippen molar-refractivity contribution in [1.29, 1.82) is 0 Å². The number of hydrogen-bond donors (Lipinski definition) is 1. The van der Waals surface area contributed by atoms with Crippen LogP contribution in [0.2, 0.25) is 5.02 Å². The van der Waals surface area contributed by atoms with Crippen LogP contribution in [0.3, 0.4) is 0 Å². The minimum atomic E-state index is -0.308. The number of piperidine rings is 1. The summed E-state index contributed by atoms with van der Waals surface area (Å²) in [5, 5.41) is 7.70. The van der Waals surface area contributed by atoms with Crippen molar-refractivity contribution in [1.82, 2.24) is 20.4 Å². The van der Waals surface area contributed by atoms with Crippen LogP contribution in [0.25, 0.3) is 11.4 Å². The lowest BCUT2D eigenvalue weighted by atomic mass is 9.98. The fourth-order valence-electron chi connectivity index (χ4n) is 3.91. The summed E-state index contributed by atoms with van der Waals surface area (Å²) in [5.74, 6) is 0.694. The van der Waals surface area contributed by atoms with Gasteiger partial charge < -0.3 is 9.84 Å². The number of rotatable bonds is 6. The zero-order valence-electron chi connectivity index (χ0n) is 17.2. The van der Waals surface area contributed by atoms with E-state index in [4.69, 9.17) is 16.1 Å². The van der Waals surface area contributed by atoms with Crippen LogP contribution in [0.1, 0.15) is 43.2 Å². The highest BCUT2D eigenvalue weighted by atomic mass is 35.5. The molecule has 0 bridgehead atoms. The Morgan fingerprint density at radius 1 is 1.29 bits per heavy atom. The van der Waals surface area contributed by atoms with E-state index in [1.54, 1.807) is 12.1 Å². The summed E-state index contributed by atoms with van der Waals surface area (Å²) in [4.78, 5) is 19.2. The Kier molecular flexibility index (Phi) is 6.63. The maximum Gasteiger partial charge on any atom is 0.234 e. The van der Waals surface area contributed by atoms with E-state index >= 15 is 0 Å². The molecule has 1 aromatic heterocycles. The Bertz CT molecular complexity index is 1040. The van der Waals surface area contributed by atoms with Crippen molar-refractivity contribution in [3.05, 3.63) is 70.8 Å². The molecule has 2 heterocycles. The van der Waals surface area contributed by atoms with Gasteiger partial charge in [-0.3, -0.25) is 9.69 Å². The smallest absolute Gasteiger partial charge is 0.234 e. The molecule has 1 aliphatic heterocycles. The zero-order chi connectivity index (χ0) is 21.8. The molecule has 1 aliphatic rings. The molecule has 1 saturated heterocycles. The second-order valence-electron chi connectivity index (χ2n) is 7.85. The number of nitrogens with one attached hydrogen (secondary N) is 1. The van der Waals surface area contributed by atoms with Gasteiger partial charge in [0, 0.05) is 17.1 Å². The van der Waals surface area contributed by atoms with Crippen LogP contribution in [-0.4, -0.2) is 40.6 Å². The maximum absolute atomic E-state index is 13.1. The molecule has 31 heavy (non-hydrogen) atoms. The first-order chi connectivity index (χ1) is 15.0. The Labute approximate surface area is 185 Å². The number of halogens is 2. The predicted molar refractivity (Wildman–Crippen MR) is 116 cm³/mol. The number of carbonyl (C=O) groups excluding carboxylic acids is 1. The average molecular weight is 443 g/mol. The van der Waals surface area contributed by atoms with Gasteiger partial charge in [0.25, 0.3) is 0 Å². The molecule has 8 heteroatoms. The molecule has 0 radical (unpaired) electrons. The van der Waals surface area contributed by atoms with E-state index in [1.807, 2.05) is 31.2 Å². The van der Waals surface area contributed by atoms with Crippen molar-refractivity contribution < 1.29 is 13.7 Å². The van der Waals surface area contributed by atoms with Gasteiger partial charge in [-0.25, -0.2) is 4.39 Å². The van der Waals surface area contributed by atoms with Gasteiger partial charge in [-0.05, 0) is 62.2 Å². The van der Waals surface area contributed by atoms with Gasteiger partial charge >= 0.3 is 0 Å². The number of aromatic nitrogens is 2. The highest BCUT2D eigenvalue weighted by Gasteiger charge is 2.27. The standard InChI is InChI=1S/C23H24ClFN4O2/c1-15(19-6-2-3-7-20(19)24)26-21(30)14-29-12-4-5-17(13-29)23-27-22(28-31-23)16-8-10-18(25)11-9-16/h2-3,6-11,15,17H,4-5,12-14H2,1H3,(H,26,30)/t15-,17+/m0/s1. The van der Waals surface area contributed by atoms with Gasteiger partial charge in [0.05, 0.1) is 18.5 Å². The van der Waals surface area contributed by atoms with Crippen LogP contribution in [0, 0.1) is 5.82 Å². The van der Waals surface area contributed by atoms with E-state index in [9.17, 15) is 9.18 Å². The molecule has 1 N–H and O–H groups in total. The molecule has 0 aliphatic carbocycles. The molecule has 4 rings (SSSR count). The van der Waals surface area contributed by atoms with E-state index in [0.29, 0.717) is 35.4 Å². The summed E-state index contributed by atoms with van der Waals surface area (Å²) in [6, 6.07) is 13.3. The number of likely N-dealkylation sites (tertiary alicyclic amines) is 1. The Balaban J connectivity index is 1.35. The van der Waals surface area contributed by atoms with Crippen molar-refractivity contribution in [2.75, 3.05) is 19.6 Å². The fraction of sp³-hybridized carbons (Fsp3) is 0.348. The summed E-state index contributed by atoms with van der Waals surface area (Å²) < 4.78 is 18.6. The lowest BCUT2D eigenvalue weighted by molar-refractivity contribution is -0.123. The normalized spacial score (nSPS) is 18.0. The topological polar surface area (TPSA) is 71.3 Å². The first-order valence-electron chi connectivity index (χ1n) is 10.4. The number of hydrogen-bond acceptors (Lipinski definition) is 5. The summed E-state index contributed by atoms with van der Waals surface area (Å²) in [5.41, 5.74) is 1.60. The molecular weight excluding hydrogens is 419 g/mol. The third-order valence-electron chi connectivity index (χ3n) is 5.52. The lowest BCUT2D eigenvalue weighted by Gasteiger charge is -2.30. The zero-order valence-corrected chi connectivity index (χ0v) is 18.0. The van der Waals surface area contributed by atoms with Gasteiger partial charge in [-0.2, -0.15) is 4.98 Å². The molecular formula is C23H24ClFN4O2. The van der Waals surface area contributed by atoms with E-state index in [1.165, 1.54) is 12.1 Å². The summed E-state index contributed by atoms with van der Waals surface area (Å²) in [7, 11) is 0. The summed E-state index contributed by atoms with van der Waals surface area (Å²) in [6.45, 7) is 3.72. The van der Waals surface area contributed by atoms with Crippen LogP contribution in [0.15, 0.2) is 53.1 Å². The first-order valence-corrected chi connectivity index (χ1v) is 10.7. The van der Waals surface area contributed by atoms with Crippen LogP contribution >= 0.6 is 11.6 Å². The highest BCUT2D eigenvalue weighted by molar-refractivity contribution is 6.31. The molecule has 0 unspecified atom stereocenters.